The number of nitrogens with zero attached hydrogens (tertiary/aromatic N) is 3. The minimum atomic E-state index is -1.32. The van der Waals surface area contributed by atoms with Gasteiger partial charge in [-0.15, -0.1) is 0 Å². The Kier molecular flexibility index (Phi) is 9.31. The summed E-state index contributed by atoms with van der Waals surface area (Å²) in [6.07, 6.45) is 2.76. The van der Waals surface area contributed by atoms with E-state index in [4.69, 9.17) is 0 Å². The maximum Gasteiger partial charge on any atom is 0.221 e. The Bertz CT molecular complexity index is 931. The van der Waals surface area contributed by atoms with E-state index >= 15 is 0 Å². The minimum Gasteiger partial charge on any atom is -0.395 e. The van der Waals surface area contributed by atoms with Crippen LogP contribution in [-0.2, 0) is 4.79 Å². The van der Waals surface area contributed by atoms with Crippen LogP contribution >= 0.6 is 0 Å². The smallest absolute Gasteiger partial charge is 0.221 e. The average Bonchev–Trinajstić information content (AvgIpc) is 2.82. The molecular formula is C24H35N5O5. The lowest BCUT2D eigenvalue weighted by Crippen LogP contribution is -2.65. The number of nitrogens with one attached hydrogen (secondary N) is 2. The summed E-state index contributed by atoms with van der Waals surface area (Å²) in [4.78, 5) is 22.1. The number of benzene rings is 1. The number of aliphatic hydroxyl groups is 4. The van der Waals surface area contributed by atoms with Gasteiger partial charge in [0.1, 0.15) is 12.2 Å². The zero-order chi connectivity index (χ0) is 24.7. The summed E-state index contributed by atoms with van der Waals surface area (Å²) in [5.41, 5.74) is 1.96. The van der Waals surface area contributed by atoms with E-state index in [0.29, 0.717) is 29.2 Å². The molecule has 6 N–H and O–H groups in total. The highest BCUT2D eigenvalue weighted by atomic mass is 16.4. The van der Waals surface area contributed by atoms with Crippen LogP contribution in [0.1, 0.15) is 39.5 Å². The van der Waals surface area contributed by atoms with Gasteiger partial charge in [-0.2, -0.15) is 0 Å². The first-order chi connectivity index (χ1) is 16.3. The standard InChI is InChI=1S/C24H35N5O5/c1-3-4-5-7-21(29-13-20(32)23(34)22(33)19(29)14-30)28-18-11-16(24-25-8-6-9-26-24)10-17(12-18)27-15(2)31/h6,8-12,19-23,28,30,32-34H,3-5,7,13-14H2,1-2H3,(H,27,31)/t19-,20+,21?,22-,23-/m1/s1. The van der Waals surface area contributed by atoms with Crippen LogP contribution in [0.3, 0.4) is 0 Å². The Balaban J connectivity index is 1.95. The number of carbonyl (C=O) groups excluding carboxylic acids is 1. The molecule has 1 unspecified atom stereocenters. The monoisotopic (exact) mass is 473 g/mol. The molecule has 0 saturated carbocycles. The van der Waals surface area contributed by atoms with Crippen LogP contribution < -0.4 is 10.6 Å². The van der Waals surface area contributed by atoms with Gasteiger partial charge in [0.15, 0.2) is 5.82 Å². The second-order valence-corrected chi connectivity index (χ2v) is 8.70. The highest BCUT2D eigenvalue weighted by Gasteiger charge is 2.43. The first-order valence-corrected chi connectivity index (χ1v) is 11.7. The molecule has 3 rings (SSSR count). The number of hydrogen-bond donors (Lipinski definition) is 6. The first-order valence-electron chi connectivity index (χ1n) is 11.7. The maximum absolute atomic E-state index is 11.7. The fraction of sp³-hybridized carbons (Fsp3) is 0.542. The van der Waals surface area contributed by atoms with Crippen molar-refractivity contribution < 1.29 is 25.2 Å². The number of likely N-dealkylation sites (tertiary alicyclic amines) is 1. The molecule has 1 saturated heterocycles. The summed E-state index contributed by atoms with van der Waals surface area (Å²) in [7, 11) is 0. The summed E-state index contributed by atoms with van der Waals surface area (Å²) < 4.78 is 0. The van der Waals surface area contributed by atoms with E-state index in [0.717, 1.165) is 19.3 Å². The number of β-amino-alcohol motifs (C(OH)–C–C–N with tert-alkyl or cyclic N) is 1. The van der Waals surface area contributed by atoms with E-state index < -0.39 is 24.4 Å². The van der Waals surface area contributed by atoms with Crippen LogP contribution in [0.15, 0.2) is 36.7 Å². The van der Waals surface area contributed by atoms with Gasteiger partial charge in [-0.05, 0) is 30.7 Å². The number of aromatic nitrogens is 2. The molecule has 34 heavy (non-hydrogen) atoms. The molecule has 1 aromatic heterocycles. The highest BCUT2D eigenvalue weighted by molar-refractivity contribution is 5.90. The van der Waals surface area contributed by atoms with Crippen molar-refractivity contribution in [2.45, 2.75) is 70.1 Å². The lowest BCUT2D eigenvalue weighted by atomic mass is 9.93. The molecule has 1 aliphatic heterocycles. The molecule has 186 valence electrons. The first kappa shape index (κ1) is 26.0. The summed E-state index contributed by atoms with van der Waals surface area (Å²) in [6, 6.07) is 6.43. The number of aliphatic hydroxyl groups excluding tert-OH is 4. The predicted octanol–water partition coefficient (Wildman–Crippen LogP) is 1.18. The zero-order valence-electron chi connectivity index (χ0n) is 19.6. The lowest BCUT2D eigenvalue weighted by molar-refractivity contribution is -0.152. The third-order valence-corrected chi connectivity index (χ3v) is 6.04. The fourth-order valence-electron chi connectivity index (χ4n) is 4.35. The van der Waals surface area contributed by atoms with Crippen molar-refractivity contribution in [3.63, 3.8) is 0 Å². The third kappa shape index (κ3) is 6.49. The number of rotatable bonds is 10. The van der Waals surface area contributed by atoms with Gasteiger partial charge in [0.2, 0.25) is 5.91 Å². The zero-order valence-corrected chi connectivity index (χ0v) is 19.6. The summed E-state index contributed by atoms with van der Waals surface area (Å²) >= 11 is 0. The van der Waals surface area contributed by atoms with Gasteiger partial charge in [0.25, 0.3) is 0 Å². The van der Waals surface area contributed by atoms with Crippen LogP contribution in [0, 0.1) is 0 Å². The fourth-order valence-corrected chi connectivity index (χ4v) is 4.35. The molecule has 1 aliphatic rings. The molecule has 1 fully saturated rings. The van der Waals surface area contributed by atoms with Crippen LogP contribution in [-0.4, -0.2) is 84.9 Å². The van der Waals surface area contributed by atoms with Gasteiger partial charge < -0.3 is 31.1 Å². The van der Waals surface area contributed by atoms with Gasteiger partial charge in [-0.3, -0.25) is 9.69 Å². The van der Waals surface area contributed by atoms with Crippen LogP contribution in [0.5, 0.6) is 0 Å². The van der Waals surface area contributed by atoms with E-state index in [9.17, 15) is 25.2 Å². The van der Waals surface area contributed by atoms with Crippen molar-refractivity contribution in [2.75, 3.05) is 23.8 Å². The number of carbonyl (C=O) groups is 1. The van der Waals surface area contributed by atoms with Crippen molar-refractivity contribution in [1.82, 2.24) is 14.9 Å². The number of amides is 1. The second kappa shape index (κ2) is 12.2. The van der Waals surface area contributed by atoms with Crippen molar-refractivity contribution >= 4 is 17.3 Å². The quantitative estimate of drug-likeness (QED) is 0.279. The topological polar surface area (TPSA) is 151 Å². The Hall–Kier alpha value is -2.63. The van der Waals surface area contributed by atoms with Crippen molar-refractivity contribution in [3.8, 4) is 11.4 Å². The van der Waals surface area contributed by atoms with Gasteiger partial charge in [0, 0.05) is 42.8 Å². The number of hydrogen-bond acceptors (Lipinski definition) is 9. The molecule has 2 aromatic rings. The van der Waals surface area contributed by atoms with Crippen molar-refractivity contribution in [1.29, 1.82) is 0 Å². The second-order valence-electron chi connectivity index (χ2n) is 8.70. The molecule has 1 aromatic carbocycles. The molecule has 5 atom stereocenters. The normalized spacial score (nSPS) is 23.9. The van der Waals surface area contributed by atoms with E-state index in [1.807, 2.05) is 11.0 Å². The average molecular weight is 474 g/mol. The molecule has 10 nitrogen and oxygen atoms in total. The van der Waals surface area contributed by atoms with E-state index in [1.165, 1.54) is 6.92 Å². The van der Waals surface area contributed by atoms with E-state index in [1.54, 1.807) is 30.6 Å². The largest absolute Gasteiger partial charge is 0.395 e. The molecule has 0 aliphatic carbocycles. The minimum absolute atomic E-state index is 0.0906. The summed E-state index contributed by atoms with van der Waals surface area (Å²) in [6.45, 7) is 3.26. The number of anilines is 2. The Morgan fingerprint density at radius 3 is 2.47 bits per heavy atom. The molecule has 0 spiro atoms. The highest BCUT2D eigenvalue weighted by Crippen LogP contribution is 2.29. The maximum atomic E-state index is 11.7. The predicted molar refractivity (Wildman–Crippen MR) is 129 cm³/mol. The van der Waals surface area contributed by atoms with Gasteiger partial charge in [0.05, 0.1) is 24.9 Å². The van der Waals surface area contributed by atoms with Crippen molar-refractivity contribution in [3.05, 3.63) is 36.7 Å². The van der Waals surface area contributed by atoms with Crippen molar-refractivity contribution in [2.24, 2.45) is 0 Å². The molecule has 0 bridgehead atoms. The SMILES string of the molecule is CCCCCC(Nc1cc(NC(C)=O)cc(-c2ncccn2)c1)N1C[C@H](O)[C@@H](O)[C@H](O)[C@H]1CO. The molecule has 0 radical (unpaired) electrons. The summed E-state index contributed by atoms with van der Waals surface area (Å²) in [5, 5.41) is 47.2. The molecular weight excluding hydrogens is 438 g/mol. The lowest BCUT2D eigenvalue weighted by Gasteiger charge is -2.47. The van der Waals surface area contributed by atoms with E-state index in [-0.39, 0.29) is 25.2 Å². The third-order valence-electron chi connectivity index (χ3n) is 6.04. The Morgan fingerprint density at radius 2 is 1.82 bits per heavy atom. The van der Waals surface area contributed by atoms with Gasteiger partial charge in [-0.1, -0.05) is 26.2 Å². The Labute approximate surface area is 199 Å². The van der Waals surface area contributed by atoms with Gasteiger partial charge >= 0.3 is 0 Å². The van der Waals surface area contributed by atoms with E-state index in [2.05, 4.69) is 27.5 Å². The Morgan fingerprint density at radius 1 is 1.12 bits per heavy atom. The van der Waals surface area contributed by atoms with Crippen LogP contribution in [0.25, 0.3) is 11.4 Å². The molecule has 2 heterocycles. The van der Waals surface area contributed by atoms with Gasteiger partial charge in [-0.25, -0.2) is 9.97 Å². The molecule has 1 amide bonds. The number of unbranched alkanes of at least 4 members (excludes halogenated alkanes) is 2. The molecule has 10 heteroatoms. The van der Waals surface area contributed by atoms with Crippen LogP contribution in [0.2, 0.25) is 0 Å². The number of piperidine rings is 1. The van der Waals surface area contributed by atoms with Crippen LogP contribution in [0.4, 0.5) is 11.4 Å². The summed E-state index contributed by atoms with van der Waals surface area (Å²) in [5.74, 6) is 0.286.